The zero-order valence-corrected chi connectivity index (χ0v) is 13.7. The van der Waals surface area contributed by atoms with Crippen LogP contribution in [0.1, 0.15) is 25.1 Å². The molecule has 2 rings (SSSR count). The third-order valence-electron chi connectivity index (χ3n) is 4.11. The highest BCUT2D eigenvalue weighted by molar-refractivity contribution is 5.74. The molecule has 0 spiro atoms. The van der Waals surface area contributed by atoms with E-state index in [1.54, 1.807) is 6.26 Å². The van der Waals surface area contributed by atoms with Crippen LogP contribution in [0.2, 0.25) is 0 Å². The zero-order valence-electron chi connectivity index (χ0n) is 13.7. The molecule has 1 fully saturated rings. The molecule has 1 aliphatic rings. The number of nitrogens with zero attached hydrogens (tertiary/aromatic N) is 2. The van der Waals surface area contributed by atoms with E-state index in [1.165, 1.54) is 0 Å². The third-order valence-corrected chi connectivity index (χ3v) is 4.11. The Kier molecular flexibility index (Phi) is 6.27. The van der Waals surface area contributed by atoms with Gasteiger partial charge in [0, 0.05) is 32.2 Å². The van der Waals surface area contributed by atoms with Gasteiger partial charge in [-0.1, -0.05) is 0 Å². The van der Waals surface area contributed by atoms with Gasteiger partial charge < -0.3 is 19.4 Å². The Labute approximate surface area is 132 Å². The van der Waals surface area contributed by atoms with Crippen LogP contribution in [0.3, 0.4) is 0 Å². The van der Waals surface area contributed by atoms with Crippen LogP contribution in [-0.2, 0) is 4.74 Å². The van der Waals surface area contributed by atoms with Gasteiger partial charge in [-0.15, -0.1) is 0 Å². The number of urea groups is 1. The van der Waals surface area contributed by atoms with E-state index in [0.29, 0.717) is 19.0 Å². The molecule has 0 bridgehead atoms. The summed E-state index contributed by atoms with van der Waals surface area (Å²) in [5, 5.41) is 3.02. The Morgan fingerprint density at radius 2 is 2.32 bits per heavy atom. The quantitative estimate of drug-likeness (QED) is 0.836. The molecule has 124 valence electrons. The van der Waals surface area contributed by atoms with Crippen molar-refractivity contribution in [2.24, 2.45) is 5.92 Å². The molecular formula is C16H27N3O3. The normalized spacial score (nSPS) is 19.4. The fourth-order valence-electron chi connectivity index (χ4n) is 2.71. The second-order valence-corrected chi connectivity index (χ2v) is 5.95. The van der Waals surface area contributed by atoms with E-state index in [0.717, 1.165) is 31.9 Å². The van der Waals surface area contributed by atoms with Crippen molar-refractivity contribution < 1.29 is 13.9 Å². The first-order chi connectivity index (χ1) is 10.6. The zero-order chi connectivity index (χ0) is 15.9. The van der Waals surface area contributed by atoms with E-state index in [9.17, 15) is 4.79 Å². The van der Waals surface area contributed by atoms with Crippen molar-refractivity contribution in [3.63, 3.8) is 0 Å². The van der Waals surface area contributed by atoms with Gasteiger partial charge >= 0.3 is 6.03 Å². The smallest absolute Gasteiger partial charge is 0.317 e. The molecule has 6 nitrogen and oxygen atoms in total. The highest BCUT2D eigenvalue weighted by atomic mass is 16.5. The number of nitrogens with one attached hydrogen (secondary N) is 1. The van der Waals surface area contributed by atoms with Crippen LogP contribution in [0, 0.1) is 5.92 Å². The first-order valence-corrected chi connectivity index (χ1v) is 7.92. The number of ether oxygens (including phenoxy) is 1. The summed E-state index contributed by atoms with van der Waals surface area (Å²) in [5.74, 6) is 1.32. The topological polar surface area (TPSA) is 58.0 Å². The standard InChI is InChI=1S/C16H27N3O3/c1-4-19(11-13-7-9-21-12-13)16(20)17-10-14(18(2)3)15-6-5-8-22-15/h5-6,8,13-14H,4,7,9-12H2,1-3H3,(H,17,20)/t13-,14-/m1/s1. The van der Waals surface area contributed by atoms with Crippen molar-refractivity contribution in [2.75, 3.05) is 46.9 Å². The number of rotatable bonds is 7. The van der Waals surface area contributed by atoms with Crippen molar-refractivity contribution in [1.82, 2.24) is 15.1 Å². The second kappa shape index (κ2) is 8.19. The van der Waals surface area contributed by atoms with Crippen LogP contribution in [-0.4, -0.2) is 62.8 Å². The Hall–Kier alpha value is -1.53. The lowest BCUT2D eigenvalue weighted by molar-refractivity contribution is 0.164. The van der Waals surface area contributed by atoms with Gasteiger partial charge in [-0.25, -0.2) is 4.79 Å². The minimum absolute atomic E-state index is 0.0205. The number of likely N-dealkylation sites (N-methyl/N-ethyl adjacent to an activating group) is 1. The molecule has 0 aliphatic carbocycles. The monoisotopic (exact) mass is 309 g/mol. The molecule has 1 saturated heterocycles. The van der Waals surface area contributed by atoms with Crippen molar-refractivity contribution in [3.05, 3.63) is 24.2 Å². The Bertz CT molecular complexity index is 441. The molecule has 0 unspecified atom stereocenters. The average Bonchev–Trinajstić information content (AvgIpc) is 3.18. The molecule has 1 N–H and O–H groups in total. The van der Waals surface area contributed by atoms with Crippen LogP contribution in [0.5, 0.6) is 0 Å². The number of amides is 2. The third kappa shape index (κ3) is 4.48. The predicted octanol–water partition coefficient (Wildman–Crippen LogP) is 1.95. The first kappa shape index (κ1) is 16.8. The van der Waals surface area contributed by atoms with Crippen LogP contribution >= 0.6 is 0 Å². The molecule has 2 atom stereocenters. The van der Waals surface area contributed by atoms with Gasteiger partial charge in [0.2, 0.25) is 0 Å². The summed E-state index contributed by atoms with van der Waals surface area (Å²) >= 11 is 0. The summed E-state index contributed by atoms with van der Waals surface area (Å²) in [7, 11) is 3.96. The van der Waals surface area contributed by atoms with Crippen molar-refractivity contribution in [2.45, 2.75) is 19.4 Å². The number of carbonyl (C=O) groups is 1. The van der Waals surface area contributed by atoms with E-state index in [2.05, 4.69) is 5.32 Å². The average molecular weight is 309 g/mol. The van der Waals surface area contributed by atoms with E-state index in [4.69, 9.17) is 9.15 Å². The number of hydrogen-bond donors (Lipinski definition) is 1. The minimum Gasteiger partial charge on any atom is -0.468 e. The Balaban J connectivity index is 1.86. The maximum absolute atomic E-state index is 12.4. The number of hydrogen-bond acceptors (Lipinski definition) is 4. The van der Waals surface area contributed by atoms with Crippen LogP contribution in [0.4, 0.5) is 4.79 Å². The molecule has 0 saturated carbocycles. The summed E-state index contributed by atoms with van der Waals surface area (Å²) in [6.45, 7) is 5.56. The molecule has 22 heavy (non-hydrogen) atoms. The fourth-order valence-corrected chi connectivity index (χ4v) is 2.71. The molecule has 1 aromatic heterocycles. The lowest BCUT2D eigenvalue weighted by Gasteiger charge is -2.27. The van der Waals surface area contributed by atoms with Crippen molar-refractivity contribution in [1.29, 1.82) is 0 Å². The summed E-state index contributed by atoms with van der Waals surface area (Å²) < 4.78 is 10.8. The fraction of sp³-hybridized carbons (Fsp3) is 0.688. The summed E-state index contributed by atoms with van der Waals surface area (Å²) in [6, 6.07) is 3.82. The van der Waals surface area contributed by atoms with Gasteiger partial charge in [-0.05, 0) is 39.6 Å². The maximum Gasteiger partial charge on any atom is 0.317 e. The molecule has 0 aromatic carbocycles. The summed E-state index contributed by atoms with van der Waals surface area (Å²) in [6.07, 6.45) is 2.70. The minimum atomic E-state index is -0.0205. The SMILES string of the molecule is CCN(C[C@H]1CCOC1)C(=O)NC[C@H](c1ccco1)N(C)C. The lowest BCUT2D eigenvalue weighted by atomic mass is 10.1. The van der Waals surface area contributed by atoms with Gasteiger partial charge in [0.1, 0.15) is 5.76 Å². The summed E-state index contributed by atoms with van der Waals surface area (Å²) in [4.78, 5) is 16.3. The molecule has 1 aliphatic heterocycles. The largest absolute Gasteiger partial charge is 0.468 e. The van der Waals surface area contributed by atoms with Crippen LogP contribution in [0.25, 0.3) is 0 Å². The van der Waals surface area contributed by atoms with Gasteiger partial charge in [-0.3, -0.25) is 4.90 Å². The highest BCUT2D eigenvalue weighted by Gasteiger charge is 2.23. The molecule has 2 heterocycles. The van der Waals surface area contributed by atoms with E-state index in [1.807, 2.05) is 43.0 Å². The molecule has 0 radical (unpaired) electrons. The van der Waals surface area contributed by atoms with Gasteiger partial charge in [-0.2, -0.15) is 0 Å². The number of furan rings is 1. The predicted molar refractivity (Wildman–Crippen MR) is 84.7 cm³/mol. The Morgan fingerprint density at radius 1 is 1.50 bits per heavy atom. The van der Waals surface area contributed by atoms with Gasteiger partial charge in [0.15, 0.2) is 0 Å². The van der Waals surface area contributed by atoms with E-state index < -0.39 is 0 Å². The molecule has 6 heteroatoms. The lowest BCUT2D eigenvalue weighted by Crippen LogP contribution is -2.45. The van der Waals surface area contributed by atoms with Crippen molar-refractivity contribution >= 4 is 6.03 Å². The summed E-state index contributed by atoms with van der Waals surface area (Å²) in [5.41, 5.74) is 0. The van der Waals surface area contributed by atoms with Crippen LogP contribution in [0.15, 0.2) is 22.8 Å². The van der Waals surface area contributed by atoms with E-state index >= 15 is 0 Å². The highest BCUT2D eigenvalue weighted by Crippen LogP contribution is 2.18. The van der Waals surface area contributed by atoms with Gasteiger partial charge in [0.05, 0.1) is 18.9 Å². The van der Waals surface area contributed by atoms with Gasteiger partial charge in [0.25, 0.3) is 0 Å². The molecule has 1 aromatic rings. The molecular weight excluding hydrogens is 282 g/mol. The number of carbonyl (C=O) groups excluding carboxylic acids is 1. The first-order valence-electron chi connectivity index (χ1n) is 7.92. The van der Waals surface area contributed by atoms with Crippen molar-refractivity contribution in [3.8, 4) is 0 Å². The van der Waals surface area contributed by atoms with E-state index in [-0.39, 0.29) is 12.1 Å². The maximum atomic E-state index is 12.4. The molecule has 2 amide bonds. The van der Waals surface area contributed by atoms with Crippen LogP contribution < -0.4 is 5.32 Å². The second-order valence-electron chi connectivity index (χ2n) is 5.95. The Morgan fingerprint density at radius 3 is 2.86 bits per heavy atom.